The highest BCUT2D eigenvalue weighted by Crippen LogP contribution is 2.49. The largest absolute Gasteiger partial charge is 0.509 e. The van der Waals surface area contributed by atoms with Crippen molar-refractivity contribution in [2.75, 3.05) is 13.2 Å². The number of carbonyl (C=O) groups excluding carboxylic acids is 2. The van der Waals surface area contributed by atoms with Crippen molar-refractivity contribution in [2.24, 2.45) is 0 Å². The van der Waals surface area contributed by atoms with Gasteiger partial charge in [0.05, 0.1) is 0 Å². The summed E-state index contributed by atoms with van der Waals surface area (Å²) in [5.74, 6) is 0. The van der Waals surface area contributed by atoms with Crippen LogP contribution in [0.3, 0.4) is 0 Å². The van der Waals surface area contributed by atoms with E-state index in [0.717, 1.165) is 0 Å². The van der Waals surface area contributed by atoms with Gasteiger partial charge >= 0.3 is 48.2 Å². The number of carbonyl (C=O) groups is 2. The van der Waals surface area contributed by atoms with Crippen molar-refractivity contribution in [3.05, 3.63) is 0 Å². The van der Waals surface area contributed by atoms with Crippen LogP contribution in [0.4, 0.5) is 62.3 Å². The molecule has 2 aliphatic rings. The maximum Gasteiger partial charge on any atom is 0.509 e. The first-order chi connectivity index (χ1) is 12.2. The Morgan fingerprint density at radius 3 is 0.821 bits per heavy atom. The van der Waals surface area contributed by atoms with Crippen LogP contribution in [0.1, 0.15) is 0 Å². The maximum atomic E-state index is 12.0. The lowest BCUT2D eigenvalue weighted by Gasteiger charge is -2.29. The molecule has 0 aliphatic carbocycles. The van der Waals surface area contributed by atoms with Gasteiger partial charge in [-0.15, -0.1) is 0 Å². The van der Waals surface area contributed by atoms with Crippen LogP contribution < -0.4 is 0 Å². The maximum absolute atomic E-state index is 12.0. The van der Waals surface area contributed by atoms with Gasteiger partial charge in [0, 0.05) is 0 Å². The van der Waals surface area contributed by atoms with Crippen molar-refractivity contribution < 1.29 is 81.2 Å². The molecule has 0 bridgehead atoms. The van der Waals surface area contributed by atoms with Crippen LogP contribution in [0.2, 0.25) is 0 Å². The lowest BCUT2D eigenvalue weighted by molar-refractivity contribution is -0.355. The molecular weight excluding hydrogens is 444 g/mol. The fourth-order valence-corrected chi connectivity index (χ4v) is 1.60. The lowest BCUT2D eigenvalue weighted by Crippen LogP contribution is -2.58. The summed E-state index contributed by atoms with van der Waals surface area (Å²) in [5.41, 5.74) is -9.06. The third-order valence-electron chi connectivity index (χ3n) is 3.13. The van der Waals surface area contributed by atoms with E-state index in [1.807, 2.05) is 0 Å². The van der Waals surface area contributed by atoms with Gasteiger partial charge < -0.3 is 18.9 Å². The summed E-state index contributed by atoms with van der Waals surface area (Å²) in [6.45, 7) is -3.81. The molecule has 0 N–H and O–H groups in total. The number of ether oxygens (including phenoxy) is 4. The molecule has 0 spiro atoms. The molecule has 164 valence electrons. The highest BCUT2D eigenvalue weighted by molar-refractivity contribution is 5.63. The van der Waals surface area contributed by atoms with Gasteiger partial charge in [0.25, 0.3) is 0 Å². The summed E-state index contributed by atoms with van der Waals surface area (Å²) >= 11 is 0. The quantitative estimate of drug-likeness (QED) is 0.412. The van der Waals surface area contributed by atoms with Crippen LogP contribution >= 0.6 is 0 Å². The van der Waals surface area contributed by atoms with E-state index in [1.165, 1.54) is 0 Å². The Morgan fingerprint density at radius 1 is 0.536 bits per heavy atom. The number of hydrogen-bond donors (Lipinski definition) is 0. The smallest absolute Gasteiger partial charge is 0.429 e. The molecule has 0 atom stereocenters. The van der Waals surface area contributed by atoms with Crippen LogP contribution in [0.5, 0.6) is 0 Å². The van der Waals surface area contributed by atoms with Crippen molar-refractivity contribution in [3.8, 4) is 0 Å². The average Bonchev–Trinajstić information content (AvgIpc) is 3.01. The molecule has 6 nitrogen and oxygen atoms in total. The first kappa shape index (κ1) is 23.7. The van der Waals surface area contributed by atoms with E-state index < -0.39 is 61.4 Å². The summed E-state index contributed by atoms with van der Waals surface area (Å²) in [6, 6.07) is 0. The second-order valence-electron chi connectivity index (χ2n) is 4.93. The first-order valence-electron chi connectivity index (χ1n) is 6.19. The summed E-state index contributed by atoms with van der Waals surface area (Å²) in [4.78, 5) is 20.2. The minimum Gasteiger partial charge on any atom is -0.429 e. The molecule has 0 amide bonds. The molecule has 0 aromatic rings. The van der Waals surface area contributed by atoms with E-state index in [0.29, 0.717) is 0 Å². The molecule has 2 heterocycles. The summed E-state index contributed by atoms with van der Waals surface area (Å²) in [7, 11) is 0. The Kier molecular flexibility index (Phi) is 5.63. The number of rotatable bonds is 0. The first-order valence-corrected chi connectivity index (χ1v) is 6.19. The molecule has 0 aromatic heterocycles. The Morgan fingerprint density at radius 2 is 0.750 bits per heavy atom. The second kappa shape index (κ2) is 6.64. The molecule has 0 saturated carbocycles. The number of hydrogen-bond acceptors (Lipinski definition) is 6. The predicted octanol–water partition coefficient (Wildman–Crippen LogP) is 4.03. The van der Waals surface area contributed by atoms with Crippen LogP contribution in [-0.4, -0.2) is 61.4 Å². The van der Waals surface area contributed by atoms with Gasteiger partial charge in [-0.1, -0.05) is 0 Å². The normalized spacial score (nSPS) is 21.7. The summed E-state index contributed by atoms with van der Waals surface area (Å²) in [6.07, 6.45) is -27.0. The minimum absolute atomic E-state index is 1.90. The minimum atomic E-state index is -5.75. The van der Waals surface area contributed by atoms with Gasteiger partial charge in [-0.2, -0.15) is 52.7 Å². The van der Waals surface area contributed by atoms with Gasteiger partial charge in [0.2, 0.25) is 0 Å². The van der Waals surface area contributed by atoms with Crippen molar-refractivity contribution in [2.45, 2.75) is 35.9 Å². The standard InChI is InChI=1S/2C5H2F6O3/c2*6-4(7,8)3(5(9,10)11)1-13-2(12)14-3/h2*1H2. The fourth-order valence-electron chi connectivity index (χ4n) is 1.60. The van der Waals surface area contributed by atoms with Crippen LogP contribution in [0.15, 0.2) is 0 Å². The molecule has 2 fully saturated rings. The third kappa shape index (κ3) is 3.94. The van der Waals surface area contributed by atoms with Gasteiger partial charge in [-0.25, -0.2) is 9.59 Å². The Bertz CT molecular complexity index is 532. The Hall–Kier alpha value is -2.30. The van der Waals surface area contributed by atoms with Gasteiger partial charge in [-0.05, 0) is 0 Å². The van der Waals surface area contributed by atoms with Gasteiger partial charge in [0.1, 0.15) is 0 Å². The molecule has 0 unspecified atom stereocenters. The molecule has 0 aromatic carbocycles. The van der Waals surface area contributed by atoms with E-state index in [-0.39, 0.29) is 0 Å². The molecule has 2 saturated heterocycles. The monoisotopic (exact) mass is 448 g/mol. The second-order valence-corrected chi connectivity index (χ2v) is 4.93. The number of halogens is 12. The average molecular weight is 448 g/mol. The summed E-state index contributed by atoms with van der Waals surface area (Å²) < 4.78 is 157. The van der Waals surface area contributed by atoms with E-state index in [2.05, 4.69) is 18.9 Å². The van der Waals surface area contributed by atoms with Crippen molar-refractivity contribution in [3.63, 3.8) is 0 Å². The predicted molar refractivity (Wildman–Crippen MR) is 54.5 cm³/mol. The molecular formula is C10H4F12O6. The zero-order valence-electron chi connectivity index (χ0n) is 12.4. The highest BCUT2D eigenvalue weighted by Gasteiger charge is 2.78. The Balaban J connectivity index is 0.000000280. The van der Waals surface area contributed by atoms with Crippen molar-refractivity contribution in [1.82, 2.24) is 0 Å². The molecule has 18 heteroatoms. The van der Waals surface area contributed by atoms with Crippen LogP contribution in [0, 0.1) is 0 Å². The van der Waals surface area contributed by atoms with Crippen molar-refractivity contribution in [1.29, 1.82) is 0 Å². The van der Waals surface area contributed by atoms with Gasteiger partial charge in [0.15, 0.2) is 13.2 Å². The summed E-state index contributed by atoms with van der Waals surface area (Å²) in [5, 5.41) is 0. The fraction of sp³-hybridized carbons (Fsp3) is 0.800. The van der Waals surface area contributed by atoms with E-state index >= 15 is 0 Å². The molecule has 2 aliphatic heterocycles. The van der Waals surface area contributed by atoms with Crippen LogP contribution in [0.25, 0.3) is 0 Å². The number of alkyl halides is 12. The molecule has 2 rings (SSSR count). The van der Waals surface area contributed by atoms with Crippen LogP contribution in [-0.2, 0) is 18.9 Å². The highest BCUT2D eigenvalue weighted by atomic mass is 19.4. The Labute approximate surface area is 144 Å². The molecule has 0 radical (unpaired) electrons. The van der Waals surface area contributed by atoms with Gasteiger partial charge in [-0.3, -0.25) is 0 Å². The third-order valence-corrected chi connectivity index (χ3v) is 3.13. The van der Waals surface area contributed by atoms with Crippen molar-refractivity contribution >= 4 is 12.3 Å². The zero-order valence-corrected chi connectivity index (χ0v) is 12.4. The number of cyclic esters (lactones) is 4. The van der Waals surface area contributed by atoms with E-state index in [9.17, 15) is 62.3 Å². The zero-order chi connectivity index (χ0) is 22.4. The SMILES string of the molecule is O=C1OCC(C(F)(F)F)(C(F)(F)F)O1.O=C1OCC(C(F)(F)F)(C(F)(F)F)O1. The van der Waals surface area contributed by atoms with E-state index in [1.54, 1.807) is 0 Å². The van der Waals surface area contributed by atoms with E-state index in [4.69, 9.17) is 0 Å². The lowest BCUT2D eigenvalue weighted by atomic mass is 10.1. The molecule has 28 heavy (non-hydrogen) atoms. The topological polar surface area (TPSA) is 71.1 Å².